The van der Waals surface area contributed by atoms with Gasteiger partial charge in [0.15, 0.2) is 0 Å². The average Bonchev–Trinajstić information content (AvgIpc) is 2.82. The molecule has 0 radical (unpaired) electrons. The highest BCUT2D eigenvalue weighted by Gasteiger charge is 2.30. The number of aliphatic carboxylic acids is 1. The summed E-state index contributed by atoms with van der Waals surface area (Å²) in [5.74, 6) is -1.23. The van der Waals surface area contributed by atoms with Crippen molar-refractivity contribution >= 4 is 12.0 Å². The molecule has 0 aromatic carbocycles. The Morgan fingerprint density at radius 1 is 1.42 bits per heavy atom. The van der Waals surface area contributed by atoms with Gasteiger partial charge in [-0.2, -0.15) is 0 Å². The van der Waals surface area contributed by atoms with Crippen LogP contribution in [0.2, 0.25) is 0 Å². The zero-order valence-electron chi connectivity index (χ0n) is 11.7. The number of nitrogens with zero attached hydrogens (tertiary/aromatic N) is 1. The van der Waals surface area contributed by atoms with Crippen molar-refractivity contribution in [2.45, 2.75) is 39.2 Å². The molecule has 1 aliphatic rings. The Morgan fingerprint density at radius 3 is 2.74 bits per heavy atom. The maximum Gasteiger partial charge on any atom is 0.317 e. The second kappa shape index (κ2) is 7.99. The number of carbonyl (C=O) groups is 2. The van der Waals surface area contributed by atoms with Crippen molar-refractivity contribution in [3.8, 4) is 0 Å². The van der Waals surface area contributed by atoms with Crippen molar-refractivity contribution in [1.29, 1.82) is 0 Å². The zero-order valence-corrected chi connectivity index (χ0v) is 11.7. The summed E-state index contributed by atoms with van der Waals surface area (Å²) < 4.78 is 5.40. The summed E-state index contributed by atoms with van der Waals surface area (Å²) in [5, 5.41) is 11.7. The minimum atomic E-state index is -0.818. The van der Waals surface area contributed by atoms with Gasteiger partial charge in [-0.25, -0.2) is 4.79 Å². The molecule has 6 nitrogen and oxygen atoms in total. The molecule has 0 spiro atoms. The van der Waals surface area contributed by atoms with E-state index >= 15 is 0 Å². The number of likely N-dealkylation sites (tertiary alicyclic amines) is 1. The Hall–Kier alpha value is -1.30. The first-order chi connectivity index (χ1) is 9.00. The third-order valence-corrected chi connectivity index (χ3v) is 3.12. The molecule has 1 fully saturated rings. The van der Waals surface area contributed by atoms with Gasteiger partial charge in [0, 0.05) is 26.2 Å². The van der Waals surface area contributed by atoms with Crippen molar-refractivity contribution in [2.24, 2.45) is 5.92 Å². The molecule has 2 N–H and O–H groups in total. The molecule has 1 rings (SSSR count). The van der Waals surface area contributed by atoms with Gasteiger partial charge in [0.05, 0.1) is 12.0 Å². The third-order valence-electron chi connectivity index (χ3n) is 3.12. The van der Waals surface area contributed by atoms with E-state index in [-0.39, 0.29) is 12.1 Å². The van der Waals surface area contributed by atoms with Crippen molar-refractivity contribution in [2.75, 3.05) is 26.2 Å². The highest BCUT2D eigenvalue weighted by Crippen LogP contribution is 2.15. The third kappa shape index (κ3) is 5.92. The van der Waals surface area contributed by atoms with E-state index in [1.54, 1.807) is 4.90 Å². The van der Waals surface area contributed by atoms with E-state index in [1.807, 2.05) is 13.8 Å². The standard InChI is InChI=1S/C13H24N2O4/c1-10(2)19-8-4-3-6-14-13(18)15-7-5-11(9-15)12(16)17/h10-11H,3-9H2,1-2H3,(H,14,18)(H,16,17). The van der Waals surface area contributed by atoms with Crippen molar-refractivity contribution in [3.05, 3.63) is 0 Å². The number of hydrogen-bond acceptors (Lipinski definition) is 3. The molecule has 19 heavy (non-hydrogen) atoms. The summed E-state index contributed by atoms with van der Waals surface area (Å²) in [4.78, 5) is 24.1. The van der Waals surface area contributed by atoms with Gasteiger partial charge in [-0.1, -0.05) is 0 Å². The van der Waals surface area contributed by atoms with Gasteiger partial charge in [0.1, 0.15) is 0 Å². The van der Waals surface area contributed by atoms with Gasteiger partial charge in [0.2, 0.25) is 0 Å². The number of amides is 2. The van der Waals surface area contributed by atoms with Crippen molar-refractivity contribution in [1.82, 2.24) is 10.2 Å². The van der Waals surface area contributed by atoms with E-state index < -0.39 is 11.9 Å². The number of nitrogens with one attached hydrogen (secondary N) is 1. The Balaban J connectivity index is 2.07. The van der Waals surface area contributed by atoms with Crippen molar-refractivity contribution in [3.63, 3.8) is 0 Å². The number of hydrogen-bond donors (Lipinski definition) is 2. The molecule has 110 valence electrons. The topological polar surface area (TPSA) is 78.9 Å². The van der Waals surface area contributed by atoms with E-state index in [9.17, 15) is 9.59 Å². The summed E-state index contributed by atoms with van der Waals surface area (Å²) in [6.45, 7) is 6.14. The average molecular weight is 272 g/mol. The molecule has 0 saturated carbocycles. The molecule has 1 heterocycles. The smallest absolute Gasteiger partial charge is 0.317 e. The minimum Gasteiger partial charge on any atom is -0.481 e. The SMILES string of the molecule is CC(C)OCCCCNC(=O)N1CCC(C(=O)O)C1. The maximum absolute atomic E-state index is 11.7. The van der Waals surface area contributed by atoms with Crippen LogP contribution in [0.4, 0.5) is 4.79 Å². The first-order valence-electron chi connectivity index (χ1n) is 6.88. The number of urea groups is 1. The zero-order chi connectivity index (χ0) is 14.3. The Labute approximate surface area is 114 Å². The van der Waals surface area contributed by atoms with Crippen LogP contribution in [0.5, 0.6) is 0 Å². The van der Waals surface area contributed by atoms with E-state index in [1.165, 1.54) is 0 Å². The highest BCUT2D eigenvalue weighted by molar-refractivity contribution is 5.77. The van der Waals surface area contributed by atoms with Crippen LogP contribution in [0, 0.1) is 5.92 Å². The Kier molecular flexibility index (Phi) is 6.62. The first kappa shape index (κ1) is 15.8. The monoisotopic (exact) mass is 272 g/mol. The number of carboxylic acid groups (broad SMARTS) is 1. The second-order valence-electron chi connectivity index (χ2n) is 5.13. The van der Waals surface area contributed by atoms with Gasteiger partial charge in [-0.15, -0.1) is 0 Å². The lowest BCUT2D eigenvalue weighted by Gasteiger charge is -2.16. The lowest BCUT2D eigenvalue weighted by molar-refractivity contribution is -0.141. The molecule has 6 heteroatoms. The van der Waals surface area contributed by atoms with Crippen LogP contribution in [0.25, 0.3) is 0 Å². The largest absolute Gasteiger partial charge is 0.481 e. The lowest BCUT2D eigenvalue weighted by atomic mass is 10.1. The molecular weight excluding hydrogens is 248 g/mol. The molecular formula is C13H24N2O4. The number of carbonyl (C=O) groups excluding carboxylic acids is 1. The second-order valence-corrected chi connectivity index (χ2v) is 5.13. The molecule has 1 atom stereocenters. The van der Waals surface area contributed by atoms with Gasteiger partial charge in [0.25, 0.3) is 0 Å². The normalized spacial score (nSPS) is 18.9. The van der Waals surface area contributed by atoms with E-state index in [4.69, 9.17) is 9.84 Å². The Bertz CT molecular complexity index is 307. The molecule has 0 bridgehead atoms. The van der Waals surface area contributed by atoms with E-state index in [0.29, 0.717) is 32.7 Å². The van der Waals surface area contributed by atoms with Crippen LogP contribution in [-0.4, -0.2) is 54.4 Å². The number of rotatable bonds is 7. The summed E-state index contributed by atoms with van der Waals surface area (Å²) in [5.41, 5.74) is 0. The van der Waals surface area contributed by atoms with Crippen LogP contribution < -0.4 is 5.32 Å². The van der Waals surface area contributed by atoms with Gasteiger partial charge < -0.3 is 20.1 Å². The summed E-state index contributed by atoms with van der Waals surface area (Å²) in [6, 6.07) is -0.159. The van der Waals surface area contributed by atoms with Gasteiger partial charge in [-0.3, -0.25) is 4.79 Å². The van der Waals surface area contributed by atoms with Crippen LogP contribution >= 0.6 is 0 Å². The Morgan fingerprint density at radius 2 is 2.16 bits per heavy atom. The van der Waals surface area contributed by atoms with Crippen LogP contribution in [0.1, 0.15) is 33.1 Å². The number of ether oxygens (including phenoxy) is 1. The first-order valence-corrected chi connectivity index (χ1v) is 6.88. The summed E-state index contributed by atoms with van der Waals surface area (Å²) >= 11 is 0. The predicted molar refractivity (Wildman–Crippen MR) is 71.0 cm³/mol. The fourth-order valence-corrected chi connectivity index (χ4v) is 2.00. The fraction of sp³-hybridized carbons (Fsp3) is 0.846. The molecule has 1 aliphatic heterocycles. The van der Waals surface area contributed by atoms with Crippen molar-refractivity contribution < 1.29 is 19.4 Å². The molecule has 1 saturated heterocycles. The van der Waals surface area contributed by atoms with E-state index in [2.05, 4.69) is 5.32 Å². The maximum atomic E-state index is 11.7. The minimum absolute atomic E-state index is 0.159. The molecule has 2 amide bonds. The van der Waals surface area contributed by atoms with Crippen LogP contribution in [0.3, 0.4) is 0 Å². The van der Waals surface area contributed by atoms with Crippen LogP contribution in [-0.2, 0) is 9.53 Å². The van der Waals surface area contributed by atoms with Crippen LogP contribution in [0.15, 0.2) is 0 Å². The molecule has 0 aromatic rings. The molecule has 0 aliphatic carbocycles. The predicted octanol–water partition coefficient (Wildman–Crippen LogP) is 1.31. The number of carboxylic acids is 1. The lowest BCUT2D eigenvalue weighted by Crippen LogP contribution is -2.39. The molecule has 0 aromatic heterocycles. The molecule has 1 unspecified atom stereocenters. The highest BCUT2D eigenvalue weighted by atomic mass is 16.5. The summed E-state index contributed by atoms with van der Waals surface area (Å²) in [7, 11) is 0. The number of unbranched alkanes of at least 4 members (excludes halogenated alkanes) is 1. The quantitative estimate of drug-likeness (QED) is 0.685. The van der Waals surface area contributed by atoms with Gasteiger partial charge in [-0.05, 0) is 33.1 Å². The summed E-state index contributed by atoms with van der Waals surface area (Å²) in [6.07, 6.45) is 2.57. The van der Waals surface area contributed by atoms with E-state index in [0.717, 1.165) is 12.8 Å². The fourth-order valence-electron chi connectivity index (χ4n) is 2.00. The van der Waals surface area contributed by atoms with Gasteiger partial charge >= 0.3 is 12.0 Å².